The zero-order valence-electron chi connectivity index (χ0n) is 6.07. The Morgan fingerprint density at radius 1 is 1.67 bits per heavy atom. The van der Waals surface area contributed by atoms with Gasteiger partial charge in [0.2, 0.25) is 0 Å². The molecule has 0 radical (unpaired) electrons. The largest absolute Gasteiger partial charge is 0.0993 e. The molecule has 4 unspecified atom stereocenters. The van der Waals surface area contributed by atoms with Gasteiger partial charge in [0, 0.05) is 0 Å². The molecule has 0 aromatic rings. The van der Waals surface area contributed by atoms with Crippen LogP contribution in [0.5, 0.6) is 0 Å². The first-order valence-electron chi connectivity index (χ1n) is 3.84. The van der Waals surface area contributed by atoms with E-state index in [4.69, 9.17) is 0 Å². The summed E-state index contributed by atoms with van der Waals surface area (Å²) in [6.07, 6.45) is 1.36. The lowest BCUT2D eigenvalue weighted by molar-refractivity contribution is 0.225. The molecule has 0 aliphatic heterocycles. The summed E-state index contributed by atoms with van der Waals surface area (Å²) in [4.78, 5) is 0. The Morgan fingerprint density at radius 2 is 2.33 bits per heavy atom. The SMILES string of the molecule is C=C1CC23C(C)C2C13C. The first kappa shape index (κ1) is 4.54. The average Bonchev–Trinajstić information content (AvgIpc) is 2.54. The van der Waals surface area contributed by atoms with Gasteiger partial charge in [-0.15, -0.1) is 0 Å². The van der Waals surface area contributed by atoms with Crippen LogP contribution in [-0.4, -0.2) is 0 Å². The lowest BCUT2D eigenvalue weighted by Crippen LogP contribution is -2.30. The summed E-state index contributed by atoms with van der Waals surface area (Å²) in [5, 5.41) is 0. The second kappa shape index (κ2) is 0.744. The third-order valence-corrected chi connectivity index (χ3v) is 4.50. The van der Waals surface area contributed by atoms with Gasteiger partial charge in [-0.2, -0.15) is 0 Å². The van der Waals surface area contributed by atoms with Gasteiger partial charge in [-0.05, 0) is 29.1 Å². The van der Waals surface area contributed by atoms with Crippen LogP contribution in [0.2, 0.25) is 0 Å². The molecular formula is C9H12. The van der Waals surface area contributed by atoms with Crippen LogP contribution in [0.4, 0.5) is 0 Å². The van der Waals surface area contributed by atoms with Crippen molar-refractivity contribution in [1.82, 2.24) is 0 Å². The van der Waals surface area contributed by atoms with Gasteiger partial charge in [-0.25, -0.2) is 0 Å². The van der Waals surface area contributed by atoms with Crippen LogP contribution in [0.1, 0.15) is 20.3 Å². The Balaban J connectivity index is 2.07. The Morgan fingerprint density at radius 3 is 2.44 bits per heavy atom. The van der Waals surface area contributed by atoms with Crippen molar-refractivity contribution in [3.63, 3.8) is 0 Å². The summed E-state index contributed by atoms with van der Waals surface area (Å²) >= 11 is 0. The number of rotatable bonds is 0. The fourth-order valence-electron chi connectivity index (χ4n) is 3.70. The van der Waals surface area contributed by atoms with Crippen molar-refractivity contribution in [1.29, 1.82) is 0 Å². The monoisotopic (exact) mass is 120 g/mol. The quantitative estimate of drug-likeness (QED) is 0.430. The van der Waals surface area contributed by atoms with E-state index in [0.717, 1.165) is 17.3 Å². The van der Waals surface area contributed by atoms with Gasteiger partial charge in [-0.1, -0.05) is 26.0 Å². The smallest absolute Gasteiger partial charge is 0.00169 e. The van der Waals surface area contributed by atoms with Gasteiger partial charge in [0.05, 0.1) is 0 Å². The van der Waals surface area contributed by atoms with Crippen molar-refractivity contribution >= 4 is 0 Å². The Hall–Kier alpha value is -0.260. The molecule has 1 spiro atoms. The minimum atomic E-state index is 0.659. The Labute approximate surface area is 56.0 Å². The summed E-state index contributed by atoms with van der Waals surface area (Å²) in [5.74, 6) is 2.12. The van der Waals surface area contributed by atoms with Crippen LogP contribution in [0.3, 0.4) is 0 Å². The zero-order valence-corrected chi connectivity index (χ0v) is 6.07. The van der Waals surface area contributed by atoms with E-state index >= 15 is 0 Å². The maximum absolute atomic E-state index is 4.06. The van der Waals surface area contributed by atoms with E-state index < -0.39 is 0 Å². The summed E-state index contributed by atoms with van der Waals surface area (Å²) in [6.45, 7) is 8.85. The van der Waals surface area contributed by atoms with E-state index in [0.29, 0.717) is 5.41 Å². The number of hydrogen-bond donors (Lipinski definition) is 0. The maximum atomic E-state index is 4.06. The van der Waals surface area contributed by atoms with E-state index in [1.165, 1.54) is 12.0 Å². The normalized spacial score (nSPS) is 74.2. The lowest BCUT2D eigenvalue weighted by Gasteiger charge is -2.39. The second-order valence-corrected chi connectivity index (χ2v) is 4.29. The van der Waals surface area contributed by atoms with E-state index in [1.54, 1.807) is 0 Å². The highest BCUT2D eigenvalue weighted by molar-refractivity contribution is 5.55. The van der Waals surface area contributed by atoms with Crippen molar-refractivity contribution in [2.75, 3.05) is 0 Å². The Bertz CT molecular complexity index is 228. The van der Waals surface area contributed by atoms with E-state index in [-0.39, 0.29) is 0 Å². The molecule has 0 heteroatoms. The van der Waals surface area contributed by atoms with Crippen LogP contribution in [-0.2, 0) is 0 Å². The van der Waals surface area contributed by atoms with Gasteiger partial charge in [0.1, 0.15) is 0 Å². The predicted octanol–water partition coefficient (Wildman–Crippen LogP) is 2.22. The maximum Gasteiger partial charge on any atom is -0.00169 e. The zero-order chi connectivity index (χ0) is 6.44. The number of allylic oxidation sites excluding steroid dienone is 1. The summed E-state index contributed by atoms with van der Waals surface area (Å²) in [5.41, 5.74) is 3.02. The third kappa shape index (κ3) is 0.179. The molecule has 3 fully saturated rings. The first-order chi connectivity index (χ1) is 4.15. The third-order valence-electron chi connectivity index (χ3n) is 4.50. The van der Waals surface area contributed by atoms with Gasteiger partial charge >= 0.3 is 0 Å². The standard InChI is InChI=1S/C9H12/c1-5-4-9-6(2)7(9)8(5,9)3/h6-7H,1,4H2,2-3H3. The molecule has 0 heterocycles. The first-order valence-corrected chi connectivity index (χ1v) is 3.84. The van der Waals surface area contributed by atoms with E-state index in [9.17, 15) is 0 Å². The predicted molar refractivity (Wildman–Crippen MR) is 37.0 cm³/mol. The van der Waals surface area contributed by atoms with Crippen molar-refractivity contribution in [3.05, 3.63) is 12.2 Å². The van der Waals surface area contributed by atoms with Crippen molar-refractivity contribution in [3.8, 4) is 0 Å². The van der Waals surface area contributed by atoms with Crippen molar-refractivity contribution in [2.45, 2.75) is 20.3 Å². The van der Waals surface area contributed by atoms with E-state index in [1.807, 2.05) is 0 Å². The van der Waals surface area contributed by atoms with Crippen LogP contribution in [0.25, 0.3) is 0 Å². The molecule has 9 heavy (non-hydrogen) atoms. The number of hydrogen-bond acceptors (Lipinski definition) is 0. The topological polar surface area (TPSA) is 0 Å². The summed E-state index contributed by atoms with van der Waals surface area (Å²) < 4.78 is 0. The van der Waals surface area contributed by atoms with E-state index in [2.05, 4.69) is 20.4 Å². The highest BCUT2D eigenvalue weighted by atomic mass is 15.0. The van der Waals surface area contributed by atoms with Crippen molar-refractivity contribution < 1.29 is 0 Å². The molecule has 0 aromatic heterocycles. The molecule has 3 aliphatic rings. The molecule has 0 bridgehead atoms. The molecule has 0 nitrogen and oxygen atoms in total. The van der Waals surface area contributed by atoms with Gasteiger partial charge in [0.15, 0.2) is 0 Å². The van der Waals surface area contributed by atoms with Crippen LogP contribution in [0.15, 0.2) is 12.2 Å². The molecule has 3 aliphatic carbocycles. The minimum absolute atomic E-state index is 0.659. The minimum Gasteiger partial charge on any atom is -0.0993 e. The summed E-state index contributed by atoms with van der Waals surface area (Å²) in [7, 11) is 0. The molecule has 3 rings (SSSR count). The fourth-order valence-corrected chi connectivity index (χ4v) is 3.70. The van der Waals surface area contributed by atoms with Gasteiger partial charge in [0.25, 0.3) is 0 Å². The molecule has 0 amide bonds. The molecule has 48 valence electrons. The van der Waals surface area contributed by atoms with Gasteiger partial charge < -0.3 is 0 Å². The van der Waals surface area contributed by atoms with Gasteiger partial charge in [-0.3, -0.25) is 0 Å². The highest BCUT2D eigenvalue weighted by Gasteiger charge is 2.96. The molecule has 3 saturated carbocycles. The van der Waals surface area contributed by atoms with Crippen molar-refractivity contribution in [2.24, 2.45) is 22.7 Å². The Kier molecular flexibility index (Phi) is 0.375. The number of fused-ring (bicyclic) bond motifs is 1. The van der Waals surface area contributed by atoms with Crippen LogP contribution < -0.4 is 0 Å². The van der Waals surface area contributed by atoms with Crippen LogP contribution >= 0.6 is 0 Å². The lowest BCUT2D eigenvalue weighted by atomic mass is 9.65. The summed E-state index contributed by atoms with van der Waals surface area (Å²) in [6, 6.07) is 0. The molecule has 0 saturated heterocycles. The molecule has 0 N–H and O–H groups in total. The molecule has 0 aromatic carbocycles. The highest BCUT2D eigenvalue weighted by Crippen LogP contribution is 3.01. The second-order valence-electron chi connectivity index (χ2n) is 4.29. The fraction of sp³-hybridized carbons (Fsp3) is 0.778. The van der Waals surface area contributed by atoms with Crippen LogP contribution in [0, 0.1) is 22.7 Å². The molecule has 4 atom stereocenters. The average molecular weight is 120 g/mol. The molecular weight excluding hydrogens is 108 g/mol.